The van der Waals surface area contributed by atoms with E-state index in [1.165, 1.54) is 10.6 Å². The van der Waals surface area contributed by atoms with Crippen LogP contribution in [-0.2, 0) is 17.7 Å². The molecule has 1 N–H and O–H groups in total. The van der Waals surface area contributed by atoms with Gasteiger partial charge in [-0.2, -0.15) is 0 Å². The van der Waals surface area contributed by atoms with Gasteiger partial charge in [-0.05, 0) is 7.05 Å². The highest BCUT2D eigenvalue weighted by Crippen LogP contribution is 2.30. The first-order valence-corrected chi connectivity index (χ1v) is 6.64. The number of hydrogen-bond donors (Lipinski definition) is 1. The molecule has 1 fully saturated rings. The Morgan fingerprint density at radius 2 is 2.50 bits per heavy atom. The molecule has 0 spiro atoms. The number of morpholine rings is 1. The maximum absolute atomic E-state index is 5.74. The van der Waals surface area contributed by atoms with Crippen molar-refractivity contribution in [3.63, 3.8) is 0 Å². The summed E-state index contributed by atoms with van der Waals surface area (Å²) in [5, 5.41) is 4.51. The number of nitrogens with one attached hydrogen (secondary N) is 1. The fourth-order valence-corrected chi connectivity index (χ4v) is 3.45. The molecule has 5 heteroatoms. The fourth-order valence-electron chi connectivity index (χ4n) is 2.20. The normalized spacial score (nSPS) is 26.7. The zero-order chi connectivity index (χ0) is 11.0. The van der Waals surface area contributed by atoms with Gasteiger partial charge in [-0.25, -0.2) is 4.98 Å². The van der Waals surface area contributed by atoms with Gasteiger partial charge in [0.25, 0.3) is 0 Å². The smallest absolute Gasteiger partial charge is 0.123 e. The molecule has 2 aliphatic heterocycles. The second-order valence-corrected chi connectivity index (χ2v) is 5.59. The SMILES string of the molecule is CN1CCc2nc(C3CNCCO3)sc2C1. The van der Waals surface area contributed by atoms with Gasteiger partial charge >= 0.3 is 0 Å². The third kappa shape index (κ3) is 2.00. The third-order valence-electron chi connectivity index (χ3n) is 3.14. The summed E-state index contributed by atoms with van der Waals surface area (Å²) in [4.78, 5) is 8.52. The third-order valence-corrected chi connectivity index (χ3v) is 4.32. The van der Waals surface area contributed by atoms with Gasteiger partial charge in [0.1, 0.15) is 11.1 Å². The second-order valence-electron chi connectivity index (χ2n) is 4.47. The Hall–Kier alpha value is -0.490. The van der Waals surface area contributed by atoms with Gasteiger partial charge in [0, 0.05) is 37.5 Å². The molecule has 0 bridgehead atoms. The van der Waals surface area contributed by atoms with E-state index in [-0.39, 0.29) is 6.10 Å². The lowest BCUT2D eigenvalue weighted by atomic mass is 10.2. The van der Waals surface area contributed by atoms with Crippen molar-refractivity contribution in [3.05, 3.63) is 15.6 Å². The molecule has 1 unspecified atom stereocenters. The van der Waals surface area contributed by atoms with Crippen LogP contribution in [0.3, 0.4) is 0 Å². The second kappa shape index (κ2) is 4.41. The van der Waals surface area contributed by atoms with Crippen LogP contribution in [0.5, 0.6) is 0 Å². The molecule has 88 valence electrons. The number of likely N-dealkylation sites (N-methyl/N-ethyl adjacent to an activating group) is 1. The summed E-state index contributed by atoms with van der Waals surface area (Å²) in [6, 6.07) is 0. The maximum atomic E-state index is 5.74. The fraction of sp³-hybridized carbons (Fsp3) is 0.727. The number of fused-ring (bicyclic) bond motifs is 1. The predicted octanol–water partition coefficient (Wildman–Crippen LogP) is 0.792. The quantitative estimate of drug-likeness (QED) is 0.786. The molecule has 1 aromatic rings. The largest absolute Gasteiger partial charge is 0.368 e. The molecule has 16 heavy (non-hydrogen) atoms. The van der Waals surface area contributed by atoms with Crippen molar-refractivity contribution in [1.29, 1.82) is 0 Å². The highest BCUT2D eigenvalue weighted by atomic mass is 32.1. The van der Waals surface area contributed by atoms with Crippen LogP contribution in [0.1, 0.15) is 21.7 Å². The van der Waals surface area contributed by atoms with E-state index in [2.05, 4.69) is 17.3 Å². The average Bonchev–Trinajstić information content (AvgIpc) is 2.73. The van der Waals surface area contributed by atoms with Crippen LogP contribution in [0.4, 0.5) is 0 Å². The molecule has 3 heterocycles. The van der Waals surface area contributed by atoms with E-state index in [9.17, 15) is 0 Å². The van der Waals surface area contributed by atoms with Gasteiger partial charge < -0.3 is 15.0 Å². The Kier molecular flexibility index (Phi) is 2.93. The molecule has 0 aliphatic carbocycles. The van der Waals surface area contributed by atoms with E-state index in [4.69, 9.17) is 9.72 Å². The lowest BCUT2D eigenvalue weighted by Gasteiger charge is -2.21. The minimum atomic E-state index is 0.176. The van der Waals surface area contributed by atoms with Crippen LogP contribution in [0.25, 0.3) is 0 Å². The Morgan fingerprint density at radius 1 is 1.56 bits per heavy atom. The van der Waals surface area contributed by atoms with Crippen molar-refractivity contribution in [2.24, 2.45) is 0 Å². The first-order valence-electron chi connectivity index (χ1n) is 5.82. The summed E-state index contributed by atoms with van der Waals surface area (Å²) in [5.41, 5.74) is 1.30. The standard InChI is InChI=1S/C11H17N3OS/c1-14-4-2-8-10(7-14)16-11(13-8)9-6-12-3-5-15-9/h9,12H,2-7H2,1H3. The number of rotatable bonds is 1. The molecular weight excluding hydrogens is 222 g/mol. The summed E-state index contributed by atoms with van der Waals surface area (Å²) in [6.07, 6.45) is 1.26. The Morgan fingerprint density at radius 3 is 3.31 bits per heavy atom. The molecule has 3 rings (SSSR count). The number of hydrogen-bond acceptors (Lipinski definition) is 5. The van der Waals surface area contributed by atoms with E-state index in [1.54, 1.807) is 0 Å². The molecule has 1 aromatic heterocycles. The van der Waals surface area contributed by atoms with Crippen LogP contribution in [-0.4, -0.2) is 43.2 Å². The van der Waals surface area contributed by atoms with Crippen molar-refractivity contribution in [2.45, 2.75) is 19.1 Å². The summed E-state index contributed by atoms with van der Waals surface area (Å²) in [7, 11) is 2.17. The van der Waals surface area contributed by atoms with Crippen molar-refractivity contribution in [1.82, 2.24) is 15.2 Å². The van der Waals surface area contributed by atoms with Crippen molar-refractivity contribution >= 4 is 11.3 Å². The van der Waals surface area contributed by atoms with Crippen LogP contribution >= 0.6 is 11.3 Å². The van der Waals surface area contributed by atoms with Crippen LogP contribution in [0, 0.1) is 0 Å². The minimum absolute atomic E-state index is 0.176. The van der Waals surface area contributed by atoms with E-state index >= 15 is 0 Å². The summed E-state index contributed by atoms with van der Waals surface area (Å²) < 4.78 is 5.74. The number of ether oxygens (including phenoxy) is 1. The molecule has 0 radical (unpaired) electrons. The van der Waals surface area contributed by atoms with Gasteiger partial charge in [-0.3, -0.25) is 0 Å². The van der Waals surface area contributed by atoms with E-state index in [1.807, 2.05) is 11.3 Å². The molecule has 0 amide bonds. The first kappa shape index (κ1) is 10.7. The van der Waals surface area contributed by atoms with Gasteiger partial charge in [0.15, 0.2) is 0 Å². The van der Waals surface area contributed by atoms with Crippen molar-refractivity contribution < 1.29 is 4.74 Å². The molecule has 2 aliphatic rings. The van der Waals surface area contributed by atoms with E-state index < -0.39 is 0 Å². The predicted molar refractivity (Wildman–Crippen MR) is 63.7 cm³/mol. The summed E-state index contributed by atoms with van der Waals surface area (Å²) in [6.45, 7) is 4.84. The topological polar surface area (TPSA) is 37.4 Å². The average molecular weight is 239 g/mol. The summed E-state index contributed by atoms with van der Waals surface area (Å²) in [5.74, 6) is 0. The van der Waals surface area contributed by atoms with Crippen LogP contribution < -0.4 is 5.32 Å². The van der Waals surface area contributed by atoms with Crippen molar-refractivity contribution in [2.75, 3.05) is 33.3 Å². The molecule has 4 nitrogen and oxygen atoms in total. The molecule has 1 saturated heterocycles. The number of thiazole rings is 1. The highest BCUT2D eigenvalue weighted by Gasteiger charge is 2.24. The molecular formula is C11H17N3OS. The summed E-state index contributed by atoms with van der Waals surface area (Å²) >= 11 is 1.83. The van der Waals surface area contributed by atoms with Gasteiger partial charge in [-0.1, -0.05) is 0 Å². The van der Waals surface area contributed by atoms with E-state index in [0.717, 1.165) is 44.2 Å². The Balaban J connectivity index is 1.80. The molecule has 0 saturated carbocycles. The van der Waals surface area contributed by atoms with E-state index in [0.29, 0.717) is 0 Å². The van der Waals surface area contributed by atoms with Gasteiger partial charge in [0.2, 0.25) is 0 Å². The monoisotopic (exact) mass is 239 g/mol. The molecule has 1 atom stereocenters. The minimum Gasteiger partial charge on any atom is -0.368 e. The van der Waals surface area contributed by atoms with Crippen LogP contribution in [0.15, 0.2) is 0 Å². The highest BCUT2D eigenvalue weighted by molar-refractivity contribution is 7.11. The zero-order valence-corrected chi connectivity index (χ0v) is 10.3. The number of aromatic nitrogens is 1. The molecule has 0 aromatic carbocycles. The van der Waals surface area contributed by atoms with Crippen LogP contribution in [0.2, 0.25) is 0 Å². The number of nitrogens with zero attached hydrogens (tertiary/aromatic N) is 2. The zero-order valence-electron chi connectivity index (χ0n) is 9.53. The van der Waals surface area contributed by atoms with Crippen molar-refractivity contribution in [3.8, 4) is 0 Å². The lowest BCUT2D eigenvalue weighted by molar-refractivity contribution is 0.0275. The van der Waals surface area contributed by atoms with Gasteiger partial charge in [0.05, 0.1) is 12.3 Å². The first-order chi connectivity index (χ1) is 7.83. The Bertz CT molecular complexity index is 373. The van der Waals surface area contributed by atoms with Gasteiger partial charge in [-0.15, -0.1) is 11.3 Å². The Labute approximate surface area is 99.6 Å². The maximum Gasteiger partial charge on any atom is 0.123 e. The lowest BCUT2D eigenvalue weighted by Crippen LogP contribution is -2.33.